The number of benzene rings is 8. The van der Waals surface area contributed by atoms with Gasteiger partial charge >= 0.3 is 0 Å². The molecule has 258 valence electrons. The standard InChI is InChI=1S/C52H34N2O/c1-4-13-35(14-5-1)36-23-25-37(26-24-36)40-19-12-20-41(29-40)43-30-44(42-27-28-51-47(33-42)46-21-10-11-22-50(46)55-51)32-45(31-43)49-34-48(38-15-6-2-7-16-38)53-52(54-49)39-17-8-3-9-18-39/h1-34H. The van der Waals surface area contributed by atoms with Crippen LogP contribution in [0.25, 0.3) is 100 Å². The first-order chi connectivity index (χ1) is 27.2. The lowest BCUT2D eigenvalue weighted by molar-refractivity contribution is 0.669. The van der Waals surface area contributed by atoms with Gasteiger partial charge in [-0.1, -0.05) is 158 Å². The molecule has 2 aromatic heterocycles. The average molecular weight is 703 g/mol. The highest BCUT2D eigenvalue weighted by Crippen LogP contribution is 2.38. The predicted molar refractivity (Wildman–Crippen MR) is 227 cm³/mol. The minimum Gasteiger partial charge on any atom is -0.456 e. The number of hydrogen-bond acceptors (Lipinski definition) is 3. The van der Waals surface area contributed by atoms with Crippen molar-refractivity contribution in [3.8, 4) is 78.4 Å². The summed E-state index contributed by atoms with van der Waals surface area (Å²) in [6, 6.07) is 72.4. The maximum Gasteiger partial charge on any atom is 0.160 e. The smallest absolute Gasteiger partial charge is 0.160 e. The van der Waals surface area contributed by atoms with Gasteiger partial charge in [0.25, 0.3) is 0 Å². The SMILES string of the molecule is c1ccc(-c2ccc(-c3cccc(-c4cc(-c5ccc6oc7ccccc7c6c5)cc(-c5cc(-c6ccccc6)nc(-c6ccccc6)n5)c4)c3)cc2)cc1. The fraction of sp³-hybridized carbons (Fsp3) is 0. The van der Waals surface area contributed by atoms with Gasteiger partial charge in [-0.3, -0.25) is 0 Å². The van der Waals surface area contributed by atoms with Crippen LogP contribution in [0.15, 0.2) is 211 Å². The molecule has 0 spiro atoms. The van der Waals surface area contributed by atoms with Crippen LogP contribution < -0.4 is 0 Å². The van der Waals surface area contributed by atoms with Crippen LogP contribution in [0.2, 0.25) is 0 Å². The Labute approximate surface area is 319 Å². The van der Waals surface area contributed by atoms with E-state index in [1.54, 1.807) is 0 Å². The van der Waals surface area contributed by atoms with Crippen molar-refractivity contribution in [1.29, 1.82) is 0 Å². The van der Waals surface area contributed by atoms with Crippen LogP contribution in [0.3, 0.4) is 0 Å². The fourth-order valence-electron chi connectivity index (χ4n) is 7.45. The fourth-order valence-corrected chi connectivity index (χ4v) is 7.45. The maximum absolute atomic E-state index is 6.21. The Balaban J connectivity index is 1.14. The molecule has 10 aromatic rings. The quantitative estimate of drug-likeness (QED) is 0.166. The topological polar surface area (TPSA) is 38.9 Å². The van der Waals surface area contributed by atoms with E-state index in [2.05, 4.69) is 170 Å². The molecule has 2 heterocycles. The summed E-state index contributed by atoms with van der Waals surface area (Å²) in [6.07, 6.45) is 0. The lowest BCUT2D eigenvalue weighted by atomic mass is 9.92. The Morgan fingerprint density at radius 1 is 0.255 bits per heavy atom. The molecule has 3 heteroatoms. The van der Waals surface area contributed by atoms with Gasteiger partial charge in [0, 0.05) is 27.5 Å². The van der Waals surface area contributed by atoms with E-state index in [9.17, 15) is 0 Å². The molecular weight excluding hydrogens is 669 g/mol. The molecule has 0 N–H and O–H groups in total. The summed E-state index contributed by atoms with van der Waals surface area (Å²) in [6.45, 7) is 0. The van der Waals surface area contributed by atoms with Gasteiger partial charge in [-0.15, -0.1) is 0 Å². The first-order valence-corrected chi connectivity index (χ1v) is 18.6. The van der Waals surface area contributed by atoms with Crippen LogP contribution in [0.1, 0.15) is 0 Å². The molecule has 0 saturated heterocycles. The summed E-state index contributed by atoms with van der Waals surface area (Å²) in [5, 5.41) is 2.21. The Kier molecular flexibility index (Phi) is 8.16. The lowest BCUT2D eigenvalue weighted by Crippen LogP contribution is -1.96. The summed E-state index contributed by atoms with van der Waals surface area (Å²) in [5.74, 6) is 0.691. The zero-order valence-electron chi connectivity index (χ0n) is 29.9. The van der Waals surface area contributed by atoms with Crippen LogP contribution in [-0.2, 0) is 0 Å². The van der Waals surface area contributed by atoms with E-state index in [1.165, 1.54) is 16.7 Å². The second-order valence-corrected chi connectivity index (χ2v) is 13.8. The van der Waals surface area contributed by atoms with E-state index in [-0.39, 0.29) is 0 Å². The van der Waals surface area contributed by atoms with Crippen LogP contribution in [0.5, 0.6) is 0 Å². The molecule has 0 bridgehead atoms. The summed E-state index contributed by atoms with van der Waals surface area (Å²) >= 11 is 0. The predicted octanol–water partition coefficient (Wildman–Crippen LogP) is 14.0. The van der Waals surface area contributed by atoms with Gasteiger partial charge in [-0.05, 0) is 93.0 Å². The van der Waals surface area contributed by atoms with E-state index < -0.39 is 0 Å². The van der Waals surface area contributed by atoms with Crippen molar-refractivity contribution in [1.82, 2.24) is 9.97 Å². The van der Waals surface area contributed by atoms with E-state index in [0.29, 0.717) is 5.82 Å². The molecule has 0 radical (unpaired) electrons. The maximum atomic E-state index is 6.21. The monoisotopic (exact) mass is 702 g/mol. The number of nitrogens with zero attached hydrogens (tertiary/aromatic N) is 2. The molecular formula is C52H34N2O. The minimum atomic E-state index is 0.691. The van der Waals surface area contributed by atoms with Crippen molar-refractivity contribution in [2.45, 2.75) is 0 Å². The number of furan rings is 1. The van der Waals surface area contributed by atoms with E-state index >= 15 is 0 Å². The number of para-hydroxylation sites is 1. The molecule has 0 aliphatic carbocycles. The molecule has 10 rings (SSSR count). The van der Waals surface area contributed by atoms with Crippen LogP contribution in [0, 0.1) is 0 Å². The highest BCUT2D eigenvalue weighted by Gasteiger charge is 2.15. The highest BCUT2D eigenvalue weighted by atomic mass is 16.3. The Bertz CT molecular complexity index is 2890. The normalized spacial score (nSPS) is 11.3. The second kappa shape index (κ2) is 13.9. The third kappa shape index (κ3) is 6.39. The molecule has 0 aliphatic heterocycles. The van der Waals surface area contributed by atoms with Gasteiger partial charge in [0.05, 0.1) is 11.4 Å². The molecule has 3 nitrogen and oxygen atoms in total. The summed E-state index contributed by atoms with van der Waals surface area (Å²) in [5.41, 5.74) is 15.7. The zero-order chi connectivity index (χ0) is 36.6. The summed E-state index contributed by atoms with van der Waals surface area (Å²) in [7, 11) is 0. The van der Waals surface area contributed by atoms with Crippen molar-refractivity contribution < 1.29 is 4.42 Å². The molecule has 8 aromatic carbocycles. The van der Waals surface area contributed by atoms with Crippen molar-refractivity contribution in [2.24, 2.45) is 0 Å². The van der Waals surface area contributed by atoms with E-state index in [1.807, 2.05) is 36.4 Å². The molecule has 0 amide bonds. The van der Waals surface area contributed by atoms with Gasteiger partial charge in [0.1, 0.15) is 11.2 Å². The second-order valence-electron chi connectivity index (χ2n) is 13.8. The summed E-state index contributed by atoms with van der Waals surface area (Å²) in [4.78, 5) is 10.3. The Morgan fingerprint density at radius 2 is 0.691 bits per heavy atom. The number of rotatable bonds is 7. The van der Waals surface area contributed by atoms with Gasteiger partial charge < -0.3 is 4.42 Å². The Hall–Kier alpha value is -7.36. The number of hydrogen-bond donors (Lipinski definition) is 0. The van der Waals surface area contributed by atoms with E-state index in [4.69, 9.17) is 14.4 Å². The third-order valence-electron chi connectivity index (χ3n) is 10.3. The number of aromatic nitrogens is 2. The lowest BCUT2D eigenvalue weighted by Gasteiger charge is -2.14. The largest absolute Gasteiger partial charge is 0.456 e. The van der Waals surface area contributed by atoms with Crippen LogP contribution in [-0.4, -0.2) is 9.97 Å². The van der Waals surface area contributed by atoms with Gasteiger partial charge in [0.2, 0.25) is 0 Å². The van der Waals surface area contributed by atoms with Gasteiger partial charge in [-0.2, -0.15) is 0 Å². The molecule has 55 heavy (non-hydrogen) atoms. The van der Waals surface area contributed by atoms with Crippen molar-refractivity contribution in [3.63, 3.8) is 0 Å². The summed E-state index contributed by atoms with van der Waals surface area (Å²) < 4.78 is 6.21. The zero-order valence-corrected chi connectivity index (χ0v) is 29.9. The van der Waals surface area contributed by atoms with Crippen molar-refractivity contribution in [3.05, 3.63) is 206 Å². The molecule has 0 aliphatic rings. The highest BCUT2D eigenvalue weighted by molar-refractivity contribution is 6.06. The molecule has 0 saturated carbocycles. The average Bonchev–Trinajstić information content (AvgIpc) is 3.65. The first-order valence-electron chi connectivity index (χ1n) is 18.6. The number of fused-ring (bicyclic) bond motifs is 3. The van der Waals surface area contributed by atoms with Crippen LogP contribution in [0.4, 0.5) is 0 Å². The molecule has 0 fully saturated rings. The Morgan fingerprint density at radius 3 is 1.38 bits per heavy atom. The molecule has 0 unspecified atom stereocenters. The third-order valence-corrected chi connectivity index (χ3v) is 10.3. The van der Waals surface area contributed by atoms with Crippen molar-refractivity contribution in [2.75, 3.05) is 0 Å². The first kappa shape index (κ1) is 32.3. The van der Waals surface area contributed by atoms with Gasteiger partial charge in [-0.25, -0.2) is 9.97 Å². The van der Waals surface area contributed by atoms with Crippen molar-refractivity contribution >= 4 is 21.9 Å². The van der Waals surface area contributed by atoms with Crippen LogP contribution >= 0.6 is 0 Å². The minimum absolute atomic E-state index is 0.691. The molecule has 0 atom stereocenters. The van der Waals surface area contributed by atoms with E-state index in [0.717, 1.165) is 77.8 Å². The van der Waals surface area contributed by atoms with Gasteiger partial charge in [0.15, 0.2) is 5.82 Å².